The molecular weight excluding hydrogens is 390 g/mol. The van der Waals surface area contributed by atoms with E-state index in [4.69, 9.17) is 0 Å². The van der Waals surface area contributed by atoms with Gasteiger partial charge in [0.05, 0.1) is 23.3 Å². The van der Waals surface area contributed by atoms with E-state index in [1.165, 1.54) is 0 Å². The Morgan fingerprint density at radius 1 is 1.06 bits per heavy atom. The highest BCUT2D eigenvalue weighted by atomic mass is 16.1. The molecule has 0 bridgehead atoms. The van der Waals surface area contributed by atoms with Gasteiger partial charge in [0.1, 0.15) is 5.65 Å². The molecule has 0 aliphatic heterocycles. The number of hydrogen-bond donors (Lipinski definition) is 3. The standard InChI is InChI=1S/C23H19N7O/c31-23(13-3-1-4-13)27-17-7-15(10-24-12-17)16-8-18-20(29-30-22(18)26-11-16)19-9-14-5-2-6-25-21(14)28-19/h2,5-13H,1,3-4H2,(H,25,28)(H,27,31)(H,26,29,30). The summed E-state index contributed by atoms with van der Waals surface area (Å²) >= 11 is 0. The number of aromatic amines is 2. The third-order valence-corrected chi connectivity index (χ3v) is 5.89. The number of pyridine rings is 3. The number of anilines is 1. The molecule has 152 valence electrons. The van der Waals surface area contributed by atoms with Gasteiger partial charge in [-0.3, -0.25) is 14.9 Å². The van der Waals surface area contributed by atoms with E-state index < -0.39 is 0 Å². The molecule has 0 spiro atoms. The van der Waals surface area contributed by atoms with Crippen LogP contribution in [0.1, 0.15) is 19.3 Å². The monoisotopic (exact) mass is 409 g/mol. The molecule has 0 saturated heterocycles. The van der Waals surface area contributed by atoms with Gasteiger partial charge >= 0.3 is 0 Å². The third kappa shape index (κ3) is 3.13. The summed E-state index contributed by atoms with van der Waals surface area (Å²) in [6, 6.07) is 9.93. The van der Waals surface area contributed by atoms with E-state index in [0.717, 1.165) is 58.2 Å². The number of carbonyl (C=O) groups is 1. The van der Waals surface area contributed by atoms with Crippen LogP contribution in [0.5, 0.6) is 0 Å². The molecule has 1 aliphatic rings. The van der Waals surface area contributed by atoms with Crippen LogP contribution in [0.3, 0.4) is 0 Å². The van der Waals surface area contributed by atoms with Gasteiger partial charge in [0.15, 0.2) is 5.65 Å². The largest absolute Gasteiger partial charge is 0.338 e. The summed E-state index contributed by atoms with van der Waals surface area (Å²) in [5.41, 5.74) is 5.68. The van der Waals surface area contributed by atoms with Crippen molar-refractivity contribution in [1.29, 1.82) is 0 Å². The summed E-state index contributed by atoms with van der Waals surface area (Å²) in [5, 5.41) is 12.3. The van der Waals surface area contributed by atoms with E-state index in [-0.39, 0.29) is 11.8 Å². The lowest BCUT2D eigenvalue weighted by atomic mass is 9.85. The van der Waals surface area contributed by atoms with Gasteiger partial charge in [-0.15, -0.1) is 0 Å². The Balaban J connectivity index is 1.37. The maximum atomic E-state index is 12.3. The third-order valence-electron chi connectivity index (χ3n) is 5.89. The fourth-order valence-corrected chi connectivity index (χ4v) is 3.94. The van der Waals surface area contributed by atoms with Gasteiger partial charge in [-0.25, -0.2) is 9.97 Å². The Labute approximate surface area is 177 Å². The molecule has 5 aromatic heterocycles. The average molecular weight is 409 g/mol. The maximum absolute atomic E-state index is 12.3. The molecule has 1 fully saturated rings. The van der Waals surface area contributed by atoms with Crippen LogP contribution in [0.25, 0.3) is 44.6 Å². The Kier molecular flexibility index (Phi) is 4.02. The SMILES string of the molecule is O=C(Nc1cncc(-c2cnc3n[nH]c(-c4cc5cccnc5[nH]4)c3c2)c1)C1CCC1. The van der Waals surface area contributed by atoms with Crippen molar-refractivity contribution in [2.24, 2.45) is 5.92 Å². The van der Waals surface area contributed by atoms with Crippen LogP contribution in [0, 0.1) is 5.92 Å². The van der Waals surface area contributed by atoms with Gasteiger partial charge in [0, 0.05) is 46.4 Å². The number of carbonyl (C=O) groups excluding carboxylic acids is 1. The predicted molar refractivity (Wildman–Crippen MR) is 118 cm³/mol. The highest BCUT2D eigenvalue weighted by Gasteiger charge is 2.25. The van der Waals surface area contributed by atoms with Crippen molar-refractivity contribution in [3.8, 4) is 22.5 Å². The van der Waals surface area contributed by atoms with Crippen LogP contribution < -0.4 is 5.32 Å². The number of hydrogen-bond acceptors (Lipinski definition) is 5. The fourth-order valence-electron chi connectivity index (χ4n) is 3.94. The molecule has 8 heteroatoms. The lowest BCUT2D eigenvalue weighted by Crippen LogP contribution is -2.28. The minimum Gasteiger partial charge on any atom is -0.338 e. The number of amides is 1. The van der Waals surface area contributed by atoms with Crippen LogP contribution in [-0.2, 0) is 4.79 Å². The van der Waals surface area contributed by atoms with E-state index >= 15 is 0 Å². The molecule has 0 radical (unpaired) electrons. The van der Waals surface area contributed by atoms with Gasteiger partial charge in [0.25, 0.3) is 0 Å². The van der Waals surface area contributed by atoms with Gasteiger partial charge in [-0.1, -0.05) is 6.42 Å². The topological polar surface area (TPSA) is 112 Å². The lowest BCUT2D eigenvalue weighted by Gasteiger charge is -2.24. The predicted octanol–water partition coefficient (Wildman–Crippen LogP) is 4.30. The molecular formula is C23H19N7O. The molecule has 1 saturated carbocycles. The molecule has 3 N–H and O–H groups in total. The summed E-state index contributed by atoms with van der Waals surface area (Å²) in [5.74, 6) is 0.198. The highest BCUT2D eigenvalue weighted by Crippen LogP contribution is 2.31. The Morgan fingerprint density at radius 2 is 1.97 bits per heavy atom. The zero-order chi connectivity index (χ0) is 20.8. The second-order valence-electron chi connectivity index (χ2n) is 7.90. The molecule has 1 aliphatic carbocycles. The summed E-state index contributed by atoms with van der Waals surface area (Å²) in [6.07, 6.45) is 10.0. The quantitative estimate of drug-likeness (QED) is 0.410. The summed E-state index contributed by atoms with van der Waals surface area (Å²) in [7, 11) is 0. The first-order valence-corrected chi connectivity index (χ1v) is 10.3. The minimum atomic E-state index is 0.0725. The molecule has 5 aromatic rings. The lowest BCUT2D eigenvalue weighted by molar-refractivity contribution is -0.122. The van der Waals surface area contributed by atoms with Crippen molar-refractivity contribution >= 4 is 33.7 Å². The van der Waals surface area contributed by atoms with Crippen molar-refractivity contribution in [2.75, 3.05) is 5.32 Å². The molecule has 8 nitrogen and oxygen atoms in total. The average Bonchev–Trinajstić information content (AvgIpc) is 3.36. The molecule has 0 aromatic carbocycles. The second kappa shape index (κ2) is 7.02. The number of aromatic nitrogens is 6. The fraction of sp³-hybridized carbons (Fsp3) is 0.174. The Hall–Kier alpha value is -4.07. The zero-order valence-corrected chi connectivity index (χ0v) is 16.6. The Morgan fingerprint density at radius 3 is 2.81 bits per heavy atom. The molecule has 5 heterocycles. The van der Waals surface area contributed by atoms with Crippen LogP contribution in [0.2, 0.25) is 0 Å². The second-order valence-corrected chi connectivity index (χ2v) is 7.90. The molecule has 6 rings (SSSR count). The number of nitrogens with one attached hydrogen (secondary N) is 3. The van der Waals surface area contributed by atoms with Crippen molar-refractivity contribution in [3.63, 3.8) is 0 Å². The van der Waals surface area contributed by atoms with Gasteiger partial charge in [0.2, 0.25) is 5.91 Å². The summed E-state index contributed by atoms with van der Waals surface area (Å²) < 4.78 is 0. The van der Waals surface area contributed by atoms with Crippen molar-refractivity contribution in [3.05, 3.63) is 55.1 Å². The van der Waals surface area contributed by atoms with Crippen LogP contribution >= 0.6 is 0 Å². The van der Waals surface area contributed by atoms with Crippen molar-refractivity contribution in [1.82, 2.24) is 30.1 Å². The molecule has 1 amide bonds. The number of rotatable bonds is 4. The molecule has 31 heavy (non-hydrogen) atoms. The van der Waals surface area contributed by atoms with E-state index in [9.17, 15) is 4.79 Å². The summed E-state index contributed by atoms with van der Waals surface area (Å²) in [6.45, 7) is 0. The van der Waals surface area contributed by atoms with Gasteiger partial charge < -0.3 is 10.3 Å². The highest BCUT2D eigenvalue weighted by molar-refractivity contribution is 5.96. The molecule has 0 atom stereocenters. The first-order chi connectivity index (χ1) is 15.2. The first-order valence-electron chi connectivity index (χ1n) is 10.3. The normalized spacial score (nSPS) is 14.1. The Bertz CT molecular complexity index is 1400. The number of H-pyrrole nitrogens is 2. The van der Waals surface area contributed by atoms with Gasteiger partial charge in [-0.2, -0.15) is 5.10 Å². The first kappa shape index (κ1) is 17.8. The van der Waals surface area contributed by atoms with Crippen LogP contribution in [0.4, 0.5) is 5.69 Å². The minimum absolute atomic E-state index is 0.0725. The number of nitrogens with zero attached hydrogens (tertiary/aromatic N) is 4. The zero-order valence-electron chi connectivity index (χ0n) is 16.6. The van der Waals surface area contributed by atoms with Crippen LogP contribution in [0.15, 0.2) is 55.1 Å². The smallest absolute Gasteiger partial charge is 0.227 e. The van der Waals surface area contributed by atoms with E-state index in [0.29, 0.717) is 11.3 Å². The van der Waals surface area contributed by atoms with Crippen LogP contribution in [-0.4, -0.2) is 36.0 Å². The summed E-state index contributed by atoms with van der Waals surface area (Å²) in [4.78, 5) is 28.8. The van der Waals surface area contributed by atoms with Crippen molar-refractivity contribution < 1.29 is 4.79 Å². The maximum Gasteiger partial charge on any atom is 0.227 e. The van der Waals surface area contributed by atoms with E-state index in [2.05, 4.69) is 35.5 Å². The van der Waals surface area contributed by atoms with E-state index in [1.54, 1.807) is 24.8 Å². The number of fused-ring (bicyclic) bond motifs is 2. The van der Waals surface area contributed by atoms with Gasteiger partial charge in [-0.05, 0) is 43.2 Å². The van der Waals surface area contributed by atoms with Crippen molar-refractivity contribution in [2.45, 2.75) is 19.3 Å². The molecule has 0 unspecified atom stereocenters. The van der Waals surface area contributed by atoms with E-state index in [1.807, 2.05) is 30.3 Å².